The van der Waals surface area contributed by atoms with Crippen molar-refractivity contribution in [1.82, 2.24) is 16.0 Å². The number of hydrogen-bond donors (Lipinski definition) is 3. The fourth-order valence-electron chi connectivity index (χ4n) is 1.82. The molecule has 9 heteroatoms. The van der Waals surface area contributed by atoms with Crippen LogP contribution in [0.5, 0.6) is 0 Å². The topological polar surface area (TPSA) is 104 Å². The molecule has 122 valence electrons. The van der Waals surface area contributed by atoms with Crippen molar-refractivity contribution in [3.8, 4) is 0 Å². The summed E-state index contributed by atoms with van der Waals surface area (Å²) in [6, 6.07) is 6.38. The van der Waals surface area contributed by atoms with Gasteiger partial charge in [0.2, 0.25) is 5.91 Å². The van der Waals surface area contributed by atoms with Crippen LogP contribution in [0.1, 0.15) is 21.8 Å². The number of rotatable bonds is 6. The summed E-state index contributed by atoms with van der Waals surface area (Å²) >= 11 is 11.7. The van der Waals surface area contributed by atoms with Crippen LogP contribution in [0.25, 0.3) is 0 Å². The molecule has 1 aromatic heterocycles. The SMILES string of the molecule is O=C(Cc1ccc(Cl)c(Cl)c1)NCCc1cc(C(=O)NO)no1. The molecule has 23 heavy (non-hydrogen) atoms. The zero-order valence-electron chi connectivity index (χ0n) is 11.8. The van der Waals surface area contributed by atoms with E-state index in [-0.39, 0.29) is 18.0 Å². The van der Waals surface area contributed by atoms with Crippen LogP contribution < -0.4 is 10.8 Å². The van der Waals surface area contributed by atoms with Gasteiger partial charge in [-0.2, -0.15) is 0 Å². The maximum absolute atomic E-state index is 11.8. The van der Waals surface area contributed by atoms with Crippen LogP contribution >= 0.6 is 23.2 Å². The van der Waals surface area contributed by atoms with Crippen LogP contribution in [0.3, 0.4) is 0 Å². The normalized spacial score (nSPS) is 10.4. The lowest BCUT2D eigenvalue weighted by atomic mass is 10.1. The van der Waals surface area contributed by atoms with Crippen LogP contribution in [0.2, 0.25) is 10.0 Å². The first-order chi connectivity index (χ1) is 11.0. The minimum atomic E-state index is -0.761. The highest BCUT2D eigenvalue weighted by Crippen LogP contribution is 2.22. The number of carbonyl (C=O) groups is 2. The Labute approximate surface area is 141 Å². The molecular weight excluding hydrogens is 345 g/mol. The quantitative estimate of drug-likeness (QED) is 0.541. The third-order valence-corrected chi connectivity index (χ3v) is 3.67. The molecule has 7 nitrogen and oxygen atoms in total. The summed E-state index contributed by atoms with van der Waals surface area (Å²) in [6.07, 6.45) is 0.532. The molecule has 0 aliphatic rings. The lowest BCUT2D eigenvalue weighted by Crippen LogP contribution is -2.27. The Morgan fingerprint density at radius 1 is 1.22 bits per heavy atom. The minimum absolute atomic E-state index is 0.0374. The van der Waals surface area contributed by atoms with Gasteiger partial charge < -0.3 is 9.84 Å². The Hall–Kier alpha value is -2.09. The van der Waals surface area contributed by atoms with Crippen molar-refractivity contribution in [2.45, 2.75) is 12.8 Å². The molecule has 3 N–H and O–H groups in total. The lowest BCUT2D eigenvalue weighted by molar-refractivity contribution is -0.120. The second-order valence-electron chi connectivity index (χ2n) is 4.64. The average molecular weight is 358 g/mol. The minimum Gasteiger partial charge on any atom is -0.361 e. The van der Waals surface area contributed by atoms with Crippen LogP contribution in [0.15, 0.2) is 28.8 Å². The molecule has 0 saturated heterocycles. The van der Waals surface area contributed by atoms with Crippen molar-refractivity contribution in [2.75, 3.05) is 6.54 Å². The zero-order valence-corrected chi connectivity index (χ0v) is 13.3. The number of halogens is 2. The molecule has 0 fully saturated rings. The van der Waals surface area contributed by atoms with E-state index in [0.29, 0.717) is 28.8 Å². The number of amides is 2. The first kappa shape index (κ1) is 17.3. The standard InChI is InChI=1S/C14H13Cl2N3O4/c15-10-2-1-8(5-11(10)16)6-13(20)17-4-3-9-7-12(19-23-9)14(21)18-22/h1-2,5,7,22H,3-4,6H2,(H,17,20)(H,18,21). The van der Waals surface area contributed by atoms with Gasteiger partial charge in [-0.15, -0.1) is 0 Å². The smallest absolute Gasteiger partial charge is 0.296 e. The number of hydroxylamine groups is 1. The summed E-state index contributed by atoms with van der Waals surface area (Å²) in [4.78, 5) is 22.9. The summed E-state index contributed by atoms with van der Waals surface area (Å²) in [5.41, 5.74) is 2.16. The molecule has 2 aromatic rings. The second kappa shape index (κ2) is 7.96. The first-order valence-electron chi connectivity index (χ1n) is 6.60. The molecular formula is C14H13Cl2N3O4. The van der Waals surface area contributed by atoms with Gasteiger partial charge in [-0.25, -0.2) is 5.48 Å². The highest BCUT2D eigenvalue weighted by molar-refractivity contribution is 6.42. The molecule has 0 saturated carbocycles. The van der Waals surface area contributed by atoms with Gasteiger partial charge in [0.05, 0.1) is 16.5 Å². The summed E-state index contributed by atoms with van der Waals surface area (Å²) in [5, 5.41) is 15.5. The number of nitrogens with one attached hydrogen (secondary N) is 2. The van der Waals surface area contributed by atoms with E-state index in [2.05, 4.69) is 10.5 Å². The fraction of sp³-hybridized carbons (Fsp3) is 0.214. The van der Waals surface area contributed by atoms with E-state index in [9.17, 15) is 9.59 Å². The molecule has 0 aliphatic carbocycles. The van der Waals surface area contributed by atoms with Crippen molar-refractivity contribution in [3.05, 3.63) is 51.3 Å². The highest BCUT2D eigenvalue weighted by atomic mass is 35.5. The molecule has 0 aliphatic heterocycles. The van der Waals surface area contributed by atoms with Gasteiger partial charge >= 0.3 is 0 Å². The second-order valence-corrected chi connectivity index (χ2v) is 5.46. The van der Waals surface area contributed by atoms with Gasteiger partial charge in [0.1, 0.15) is 5.76 Å². The van der Waals surface area contributed by atoms with Crippen LogP contribution in [-0.2, 0) is 17.6 Å². The van der Waals surface area contributed by atoms with Crippen molar-refractivity contribution in [2.24, 2.45) is 0 Å². The van der Waals surface area contributed by atoms with Crippen LogP contribution in [-0.4, -0.2) is 28.7 Å². The highest BCUT2D eigenvalue weighted by Gasteiger charge is 2.12. The molecule has 0 unspecified atom stereocenters. The van der Waals surface area contributed by atoms with Gasteiger partial charge in [-0.05, 0) is 17.7 Å². The average Bonchev–Trinajstić information content (AvgIpc) is 2.99. The predicted molar refractivity (Wildman–Crippen MR) is 82.6 cm³/mol. The third-order valence-electron chi connectivity index (χ3n) is 2.94. The van der Waals surface area contributed by atoms with Gasteiger partial charge in [0.15, 0.2) is 5.69 Å². The Morgan fingerprint density at radius 2 is 2.00 bits per heavy atom. The van der Waals surface area contributed by atoms with E-state index in [1.165, 1.54) is 11.5 Å². The van der Waals surface area contributed by atoms with Crippen LogP contribution in [0.4, 0.5) is 0 Å². The van der Waals surface area contributed by atoms with Crippen molar-refractivity contribution in [3.63, 3.8) is 0 Å². The number of nitrogens with zero attached hydrogens (tertiary/aromatic N) is 1. The van der Waals surface area contributed by atoms with E-state index in [1.807, 2.05) is 0 Å². The number of hydrogen-bond acceptors (Lipinski definition) is 5. The monoisotopic (exact) mass is 357 g/mol. The molecule has 2 amide bonds. The van der Waals surface area contributed by atoms with E-state index in [4.69, 9.17) is 32.9 Å². The predicted octanol–water partition coefficient (Wildman–Crippen LogP) is 2.00. The van der Waals surface area contributed by atoms with Gasteiger partial charge in [-0.1, -0.05) is 34.4 Å². The van der Waals surface area contributed by atoms with Crippen molar-refractivity contribution < 1.29 is 19.3 Å². The largest absolute Gasteiger partial charge is 0.361 e. The van der Waals surface area contributed by atoms with Crippen molar-refractivity contribution in [1.29, 1.82) is 0 Å². The molecule has 0 radical (unpaired) electrons. The molecule has 0 atom stereocenters. The van der Waals surface area contributed by atoms with Gasteiger partial charge in [-0.3, -0.25) is 14.8 Å². The summed E-state index contributed by atoms with van der Waals surface area (Å²) < 4.78 is 4.91. The number of aromatic nitrogens is 1. The Morgan fingerprint density at radius 3 is 2.70 bits per heavy atom. The van der Waals surface area contributed by atoms with E-state index in [1.54, 1.807) is 18.2 Å². The zero-order chi connectivity index (χ0) is 16.8. The maximum atomic E-state index is 11.8. The summed E-state index contributed by atoms with van der Waals surface area (Å²) in [5.74, 6) is -0.529. The first-order valence-corrected chi connectivity index (χ1v) is 7.36. The summed E-state index contributed by atoms with van der Waals surface area (Å²) in [6.45, 7) is 0.315. The van der Waals surface area contributed by atoms with E-state index in [0.717, 1.165) is 5.56 Å². The lowest BCUT2D eigenvalue weighted by Gasteiger charge is -2.05. The Kier molecular flexibility index (Phi) is 5.97. The third kappa shape index (κ3) is 4.95. The van der Waals surface area contributed by atoms with E-state index < -0.39 is 5.91 Å². The summed E-state index contributed by atoms with van der Waals surface area (Å²) in [7, 11) is 0. The van der Waals surface area contributed by atoms with Gasteiger partial charge in [0, 0.05) is 19.0 Å². The maximum Gasteiger partial charge on any atom is 0.296 e. The molecule has 0 spiro atoms. The van der Waals surface area contributed by atoms with E-state index >= 15 is 0 Å². The number of carbonyl (C=O) groups excluding carboxylic acids is 2. The molecule has 1 aromatic carbocycles. The molecule has 2 rings (SSSR count). The fourth-order valence-corrected chi connectivity index (χ4v) is 2.14. The number of benzene rings is 1. The van der Waals surface area contributed by atoms with Crippen molar-refractivity contribution >= 4 is 35.0 Å². The van der Waals surface area contributed by atoms with Gasteiger partial charge in [0.25, 0.3) is 5.91 Å². The van der Waals surface area contributed by atoms with Crippen LogP contribution in [0, 0.1) is 0 Å². The molecule has 0 bridgehead atoms. The Bertz CT molecular complexity index is 718. The molecule has 1 heterocycles. The Balaban J connectivity index is 1.79.